The van der Waals surface area contributed by atoms with Gasteiger partial charge in [-0.3, -0.25) is 0 Å². The second-order valence-corrected chi connectivity index (χ2v) is 19.4. The van der Waals surface area contributed by atoms with Gasteiger partial charge in [-0.2, -0.15) is 18.2 Å². The molecule has 0 spiro atoms. The van der Waals surface area contributed by atoms with Gasteiger partial charge >= 0.3 is 103 Å². The van der Waals surface area contributed by atoms with E-state index in [2.05, 4.69) is 126 Å². The van der Waals surface area contributed by atoms with Crippen molar-refractivity contribution in [3.8, 4) is 33.4 Å². The number of fused-ring (bicyclic) bond motifs is 3. The van der Waals surface area contributed by atoms with Crippen LogP contribution in [-0.2, 0) is 41.5 Å². The molecule has 0 aliphatic heterocycles. The Morgan fingerprint density at radius 2 is 1.09 bits per heavy atom. The van der Waals surface area contributed by atoms with Crippen LogP contribution in [0, 0.1) is 17.9 Å². The van der Waals surface area contributed by atoms with Gasteiger partial charge < -0.3 is 24.8 Å². The fourth-order valence-electron chi connectivity index (χ4n) is 8.63. The van der Waals surface area contributed by atoms with Crippen molar-refractivity contribution in [3.63, 3.8) is 0 Å². The summed E-state index contributed by atoms with van der Waals surface area (Å²) in [6.07, 6.45) is 16.1. The van der Waals surface area contributed by atoms with Crippen molar-refractivity contribution >= 4 is 3.21 Å². The maximum atomic E-state index is 3.88. The van der Waals surface area contributed by atoms with Crippen LogP contribution in [0.2, 0.25) is 0 Å². The largest absolute Gasteiger partial charge is 0.214 e. The molecule has 284 valence electrons. The Morgan fingerprint density at radius 1 is 0.611 bits per heavy atom. The van der Waals surface area contributed by atoms with Gasteiger partial charge in [0, 0.05) is 0 Å². The van der Waals surface area contributed by atoms with E-state index >= 15 is 0 Å². The van der Waals surface area contributed by atoms with Crippen LogP contribution in [0.5, 0.6) is 0 Å². The minimum atomic E-state index is 0. The maximum Gasteiger partial charge on any atom is -0.172 e. The third-order valence-electron chi connectivity index (χ3n) is 11.4. The van der Waals surface area contributed by atoms with E-state index in [1.165, 1.54) is 120 Å². The van der Waals surface area contributed by atoms with Crippen LogP contribution < -0.4 is 24.8 Å². The first-order chi connectivity index (χ1) is 25.0. The molecule has 0 radical (unpaired) electrons. The van der Waals surface area contributed by atoms with Crippen LogP contribution in [0.15, 0.2) is 109 Å². The molecule has 0 unspecified atom stereocenters. The summed E-state index contributed by atoms with van der Waals surface area (Å²) in [5.41, 5.74) is 13.5. The molecule has 8 rings (SSSR count). The van der Waals surface area contributed by atoms with E-state index in [0.29, 0.717) is 0 Å². The molecule has 0 bridgehead atoms. The summed E-state index contributed by atoms with van der Waals surface area (Å²) in [5.74, 6) is 2.18. The SMILES string of the molecule is CC(C)(C)c1cc2c([c-]c1-c1ccccc1)Cc1cc(-c3ccccc3)c(C(C)(C)C)cc1-2.[Cl-].[Cl-].[Zr+2]=[C](CC1CCCC1)CC1CCCC1.c1cc[cH-]c1. The van der Waals surface area contributed by atoms with Crippen molar-refractivity contribution in [3.05, 3.63) is 138 Å². The van der Waals surface area contributed by atoms with Gasteiger partial charge in [0.15, 0.2) is 0 Å². The molecule has 5 aromatic rings. The first-order valence-corrected chi connectivity index (χ1v) is 21.3. The van der Waals surface area contributed by atoms with E-state index < -0.39 is 0 Å². The first kappa shape index (κ1) is 44.3. The van der Waals surface area contributed by atoms with Gasteiger partial charge in [0.25, 0.3) is 0 Å². The minimum absolute atomic E-state index is 0. The van der Waals surface area contributed by atoms with Gasteiger partial charge in [0.1, 0.15) is 0 Å². The van der Waals surface area contributed by atoms with Crippen molar-refractivity contribution in [1.29, 1.82) is 0 Å². The Balaban J connectivity index is 0.000000255. The molecule has 0 amide bonds. The van der Waals surface area contributed by atoms with Crippen molar-refractivity contribution in [2.75, 3.05) is 0 Å². The van der Waals surface area contributed by atoms with E-state index in [1.54, 1.807) is 24.2 Å². The Bertz CT molecular complexity index is 1740. The van der Waals surface area contributed by atoms with Crippen molar-refractivity contribution in [1.82, 2.24) is 0 Å². The summed E-state index contributed by atoms with van der Waals surface area (Å²) in [7, 11) is 0. The summed E-state index contributed by atoms with van der Waals surface area (Å²) in [5, 5.41) is 0. The van der Waals surface area contributed by atoms with Crippen molar-refractivity contribution < 1.29 is 49.0 Å². The van der Waals surface area contributed by atoms with E-state index in [-0.39, 0.29) is 35.6 Å². The third kappa shape index (κ3) is 11.6. The zero-order chi connectivity index (χ0) is 36.7. The smallest absolute Gasteiger partial charge is 0.172 e. The normalized spacial score (nSPS) is 15.1. The van der Waals surface area contributed by atoms with Crippen molar-refractivity contribution in [2.24, 2.45) is 11.8 Å². The second-order valence-electron chi connectivity index (χ2n) is 17.7. The summed E-state index contributed by atoms with van der Waals surface area (Å²) in [6, 6.07) is 42.8. The molecule has 0 atom stereocenters. The molecule has 54 heavy (non-hydrogen) atoms. The standard InChI is InChI=1S/C33H33.C13H22.C5H5.2ClH.Zr/c1-32(2,3)30-20-26-24(18-28(30)22-13-9-7-10-14-22)17-25-19-29(23-15-11-8-12-16-23)31(21-27(25)26)33(4,5)6;1-2-7-12(6-1)10-5-11-13-8-3-4-9-13;1-2-4-5-3-1;;;/h7-16,18,20-21H,17H2,1-6H3;12-13H,1-4,6-11H2;1-5H;2*1H;/q-1;;-1;;;+2/p-2. The van der Waals surface area contributed by atoms with Gasteiger partial charge in [-0.15, -0.1) is 28.8 Å². The summed E-state index contributed by atoms with van der Waals surface area (Å²) in [4.78, 5) is 0. The van der Waals surface area contributed by atoms with Crippen LogP contribution in [0.25, 0.3) is 33.4 Å². The fraction of sp³-hybridized carbons (Fsp3) is 0.412. The minimum Gasteiger partial charge on any atom is -0.214 e. The third-order valence-corrected chi connectivity index (χ3v) is 12.4. The summed E-state index contributed by atoms with van der Waals surface area (Å²) >= 11 is 1.74. The number of halogens is 2. The Morgan fingerprint density at radius 3 is 1.56 bits per heavy atom. The second kappa shape index (κ2) is 20.1. The van der Waals surface area contributed by atoms with Gasteiger partial charge in [-0.1, -0.05) is 131 Å². The number of hydrogen-bond donors (Lipinski definition) is 0. The predicted octanol–water partition coefficient (Wildman–Crippen LogP) is 8.27. The van der Waals surface area contributed by atoms with Crippen LogP contribution >= 0.6 is 0 Å². The number of hydrogen-bond acceptors (Lipinski definition) is 0. The molecule has 3 aliphatic carbocycles. The quantitative estimate of drug-likeness (QED) is 0.148. The molecule has 3 heteroatoms. The zero-order valence-corrected chi connectivity index (χ0v) is 37.6. The molecule has 0 nitrogen and oxygen atoms in total. The number of benzene rings is 4. The van der Waals surface area contributed by atoms with E-state index in [1.807, 2.05) is 33.5 Å². The Hall–Kier alpha value is -2.44. The fourth-order valence-corrected chi connectivity index (χ4v) is 10.1. The van der Waals surface area contributed by atoms with Crippen molar-refractivity contribution in [2.45, 2.75) is 123 Å². The van der Waals surface area contributed by atoms with Gasteiger partial charge in [-0.05, 0) is 39.5 Å². The molecule has 3 aliphatic rings. The number of rotatable bonds is 6. The molecule has 0 N–H and O–H groups in total. The summed E-state index contributed by atoms with van der Waals surface area (Å²) < 4.78 is 1.90. The van der Waals surface area contributed by atoms with Crippen LogP contribution in [0.4, 0.5) is 0 Å². The average Bonchev–Trinajstić information content (AvgIpc) is 3.97. The Kier molecular flexibility index (Phi) is 16.5. The predicted molar refractivity (Wildman–Crippen MR) is 222 cm³/mol. The molecule has 2 fully saturated rings. The monoisotopic (exact) mass is 832 g/mol. The average molecular weight is 835 g/mol. The maximum absolute atomic E-state index is 3.88. The zero-order valence-electron chi connectivity index (χ0n) is 33.6. The molecule has 0 heterocycles. The van der Waals surface area contributed by atoms with E-state index in [0.717, 1.165) is 18.3 Å². The van der Waals surface area contributed by atoms with Crippen LogP contribution in [0.3, 0.4) is 0 Å². The summed E-state index contributed by atoms with van der Waals surface area (Å²) in [6.45, 7) is 13.9. The molecule has 0 saturated heterocycles. The van der Waals surface area contributed by atoms with Gasteiger partial charge in [0.05, 0.1) is 0 Å². The molecular formula is C51H60Cl2Zr-2. The first-order valence-electron chi connectivity index (χ1n) is 20.1. The molecule has 2 saturated carbocycles. The van der Waals surface area contributed by atoms with Gasteiger partial charge in [0.2, 0.25) is 0 Å². The Labute approximate surface area is 355 Å². The van der Waals surface area contributed by atoms with E-state index in [4.69, 9.17) is 0 Å². The van der Waals surface area contributed by atoms with Crippen LogP contribution in [0.1, 0.15) is 128 Å². The topological polar surface area (TPSA) is 0 Å². The molecular weight excluding hydrogens is 775 g/mol. The van der Waals surface area contributed by atoms with Gasteiger partial charge in [-0.25, -0.2) is 12.1 Å². The molecule has 5 aromatic carbocycles. The van der Waals surface area contributed by atoms with E-state index in [9.17, 15) is 0 Å². The van der Waals surface area contributed by atoms with Crippen LogP contribution in [-0.4, -0.2) is 3.21 Å². The molecule has 0 aromatic heterocycles.